The average molecular weight is 280 g/mol. The number of hydrogen-bond acceptors (Lipinski definition) is 5. The summed E-state index contributed by atoms with van der Waals surface area (Å²) < 4.78 is 11.1. The van der Waals surface area contributed by atoms with Crippen LogP contribution in [0.15, 0.2) is 47.1 Å². The number of aliphatic hydroxyl groups is 1. The molecular formula is C16H12N2O3. The highest BCUT2D eigenvalue weighted by Crippen LogP contribution is 2.31. The van der Waals surface area contributed by atoms with E-state index in [0.29, 0.717) is 28.2 Å². The highest BCUT2D eigenvalue weighted by atomic mass is 16.5. The molecule has 0 spiro atoms. The Hall–Kier alpha value is -2.84. The summed E-state index contributed by atoms with van der Waals surface area (Å²) in [5.41, 5.74) is 1.89. The maximum atomic E-state index is 9.12. The molecule has 1 aromatic carbocycles. The Kier molecular flexibility index (Phi) is 3.54. The Morgan fingerprint density at radius 2 is 2.19 bits per heavy atom. The van der Waals surface area contributed by atoms with E-state index in [0.717, 1.165) is 5.39 Å². The van der Waals surface area contributed by atoms with E-state index in [9.17, 15) is 0 Å². The van der Waals surface area contributed by atoms with Gasteiger partial charge in [0, 0.05) is 23.3 Å². The normalized spacial score (nSPS) is 10.5. The first-order chi connectivity index (χ1) is 10.3. The Bertz CT molecular complexity index is 818. The molecule has 0 fully saturated rings. The zero-order valence-corrected chi connectivity index (χ0v) is 11.1. The monoisotopic (exact) mass is 280 g/mol. The molecule has 0 saturated heterocycles. The molecule has 1 N–H and O–H groups in total. The van der Waals surface area contributed by atoms with Crippen molar-refractivity contribution in [3.8, 4) is 23.1 Å². The van der Waals surface area contributed by atoms with Gasteiger partial charge >= 0.3 is 0 Å². The summed E-state index contributed by atoms with van der Waals surface area (Å²) in [5.74, 6) is 1.28. The van der Waals surface area contributed by atoms with Crippen LogP contribution in [0, 0.1) is 11.3 Å². The summed E-state index contributed by atoms with van der Waals surface area (Å²) >= 11 is 0. The zero-order chi connectivity index (χ0) is 14.7. The number of aromatic nitrogens is 1. The molecule has 0 unspecified atom stereocenters. The van der Waals surface area contributed by atoms with Gasteiger partial charge in [0.05, 0.1) is 12.2 Å². The number of ether oxygens (including phenoxy) is 1. The summed E-state index contributed by atoms with van der Waals surface area (Å²) in [6, 6.07) is 11.1. The summed E-state index contributed by atoms with van der Waals surface area (Å²) in [4.78, 5) is 3.94. The molecule has 0 atom stereocenters. The van der Waals surface area contributed by atoms with Crippen molar-refractivity contribution in [3.63, 3.8) is 0 Å². The van der Waals surface area contributed by atoms with Crippen LogP contribution >= 0.6 is 0 Å². The number of rotatable bonds is 4. The van der Waals surface area contributed by atoms with Crippen LogP contribution in [0.25, 0.3) is 22.3 Å². The molecule has 0 aliphatic rings. The molecule has 3 aromatic rings. The van der Waals surface area contributed by atoms with Gasteiger partial charge in [-0.2, -0.15) is 5.26 Å². The number of pyridine rings is 1. The molecule has 0 saturated carbocycles. The van der Waals surface area contributed by atoms with Crippen LogP contribution in [0.5, 0.6) is 5.75 Å². The van der Waals surface area contributed by atoms with E-state index < -0.39 is 0 Å². The van der Waals surface area contributed by atoms with Crippen molar-refractivity contribution in [2.24, 2.45) is 0 Å². The second-order valence-corrected chi connectivity index (χ2v) is 4.42. The predicted octanol–water partition coefficient (Wildman–Crippen LogP) is 2.74. The van der Waals surface area contributed by atoms with Crippen LogP contribution in [0.3, 0.4) is 0 Å². The Labute approximate surface area is 121 Å². The number of furan rings is 1. The van der Waals surface area contributed by atoms with E-state index in [1.807, 2.05) is 12.1 Å². The summed E-state index contributed by atoms with van der Waals surface area (Å²) in [7, 11) is 0. The fourth-order valence-electron chi connectivity index (χ4n) is 2.11. The predicted molar refractivity (Wildman–Crippen MR) is 76.7 cm³/mol. The maximum absolute atomic E-state index is 9.12. The number of nitriles is 1. The Balaban J connectivity index is 2.03. The molecule has 104 valence electrons. The van der Waals surface area contributed by atoms with Gasteiger partial charge in [0.15, 0.2) is 0 Å². The number of aliphatic hydroxyl groups excluding tert-OH is 1. The number of nitrogens with zero attached hydrogens (tertiary/aromatic N) is 2. The first kappa shape index (κ1) is 13.2. The number of fused-ring (bicyclic) bond motifs is 1. The van der Waals surface area contributed by atoms with Crippen molar-refractivity contribution in [1.82, 2.24) is 4.98 Å². The molecular weight excluding hydrogens is 268 g/mol. The third-order valence-corrected chi connectivity index (χ3v) is 3.05. The minimum Gasteiger partial charge on any atom is -0.491 e. The minimum absolute atomic E-state index is 0.0305. The number of hydrogen-bond donors (Lipinski definition) is 1. The van der Waals surface area contributed by atoms with Crippen molar-refractivity contribution in [3.05, 3.63) is 48.3 Å². The SMILES string of the molecule is N#Cc1cnccc1-c1cc2cc(OCCO)ccc2o1. The van der Waals surface area contributed by atoms with Gasteiger partial charge in [0.1, 0.15) is 29.8 Å². The molecule has 0 aliphatic heterocycles. The third kappa shape index (κ3) is 2.57. The maximum Gasteiger partial charge on any atom is 0.136 e. The van der Waals surface area contributed by atoms with E-state index in [1.165, 1.54) is 6.20 Å². The molecule has 5 heteroatoms. The molecule has 0 radical (unpaired) electrons. The fraction of sp³-hybridized carbons (Fsp3) is 0.125. The lowest BCUT2D eigenvalue weighted by molar-refractivity contribution is 0.201. The molecule has 0 bridgehead atoms. The van der Waals surface area contributed by atoms with Gasteiger partial charge in [-0.05, 0) is 30.3 Å². The summed E-state index contributed by atoms with van der Waals surface area (Å²) in [6.45, 7) is 0.219. The summed E-state index contributed by atoms with van der Waals surface area (Å²) in [5, 5.41) is 18.8. The first-order valence-electron chi connectivity index (χ1n) is 6.43. The van der Waals surface area contributed by atoms with Crippen LogP contribution in [0.2, 0.25) is 0 Å². The van der Waals surface area contributed by atoms with Gasteiger partial charge in [-0.25, -0.2) is 0 Å². The van der Waals surface area contributed by atoms with Gasteiger partial charge in [0.2, 0.25) is 0 Å². The van der Waals surface area contributed by atoms with Crippen LogP contribution < -0.4 is 4.74 Å². The van der Waals surface area contributed by atoms with Crippen molar-refractivity contribution < 1.29 is 14.3 Å². The summed E-state index contributed by atoms with van der Waals surface area (Å²) in [6.07, 6.45) is 3.14. The van der Waals surface area contributed by atoms with E-state index in [2.05, 4.69) is 11.1 Å². The van der Waals surface area contributed by atoms with Crippen molar-refractivity contribution >= 4 is 11.0 Å². The van der Waals surface area contributed by atoms with Gasteiger partial charge < -0.3 is 14.3 Å². The van der Waals surface area contributed by atoms with Crippen molar-refractivity contribution in [1.29, 1.82) is 5.26 Å². The van der Waals surface area contributed by atoms with Gasteiger partial charge in [0.25, 0.3) is 0 Å². The molecule has 5 nitrogen and oxygen atoms in total. The third-order valence-electron chi connectivity index (χ3n) is 3.05. The highest BCUT2D eigenvalue weighted by Gasteiger charge is 2.11. The highest BCUT2D eigenvalue weighted by molar-refractivity contribution is 5.85. The van der Waals surface area contributed by atoms with E-state index in [1.54, 1.807) is 24.4 Å². The van der Waals surface area contributed by atoms with Crippen molar-refractivity contribution in [2.75, 3.05) is 13.2 Å². The molecule has 0 aliphatic carbocycles. The Morgan fingerprint density at radius 1 is 1.29 bits per heavy atom. The zero-order valence-electron chi connectivity index (χ0n) is 11.1. The van der Waals surface area contributed by atoms with Crippen LogP contribution in [0.4, 0.5) is 0 Å². The van der Waals surface area contributed by atoms with E-state index >= 15 is 0 Å². The molecule has 3 rings (SSSR count). The lowest BCUT2D eigenvalue weighted by atomic mass is 10.1. The van der Waals surface area contributed by atoms with Crippen molar-refractivity contribution in [2.45, 2.75) is 0 Å². The largest absolute Gasteiger partial charge is 0.491 e. The molecule has 21 heavy (non-hydrogen) atoms. The van der Waals surface area contributed by atoms with Gasteiger partial charge in [-0.1, -0.05) is 0 Å². The standard InChI is InChI=1S/C16H12N2O3/c17-9-12-10-18-4-3-14(12)16-8-11-7-13(20-6-5-19)1-2-15(11)21-16/h1-4,7-8,10,19H,5-6H2. The van der Waals surface area contributed by atoms with Crippen LogP contribution in [0.1, 0.15) is 5.56 Å². The second kappa shape index (κ2) is 5.65. The average Bonchev–Trinajstić information content (AvgIpc) is 2.95. The van der Waals surface area contributed by atoms with E-state index in [-0.39, 0.29) is 13.2 Å². The van der Waals surface area contributed by atoms with Gasteiger partial charge in [-0.3, -0.25) is 4.98 Å². The topological polar surface area (TPSA) is 79.3 Å². The van der Waals surface area contributed by atoms with Gasteiger partial charge in [-0.15, -0.1) is 0 Å². The van der Waals surface area contributed by atoms with Crippen LogP contribution in [-0.2, 0) is 0 Å². The smallest absolute Gasteiger partial charge is 0.136 e. The molecule has 2 aromatic heterocycles. The fourth-order valence-corrected chi connectivity index (χ4v) is 2.11. The molecule has 0 amide bonds. The van der Waals surface area contributed by atoms with Crippen LogP contribution in [-0.4, -0.2) is 23.3 Å². The first-order valence-corrected chi connectivity index (χ1v) is 6.43. The quantitative estimate of drug-likeness (QED) is 0.794. The molecule has 2 heterocycles. The minimum atomic E-state index is -0.0305. The second-order valence-electron chi connectivity index (χ2n) is 4.42. The number of benzene rings is 1. The Morgan fingerprint density at radius 3 is 3.00 bits per heavy atom. The lowest BCUT2D eigenvalue weighted by Gasteiger charge is -2.02. The lowest BCUT2D eigenvalue weighted by Crippen LogP contribution is -2.00. The van der Waals surface area contributed by atoms with E-state index in [4.69, 9.17) is 19.5 Å².